The number of rotatable bonds is 8. The first-order chi connectivity index (χ1) is 17.0. The zero-order valence-electron chi connectivity index (χ0n) is 18.9. The van der Waals surface area contributed by atoms with E-state index in [4.69, 9.17) is 9.47 Å². The minimum atomic E-state index is -0.425. The molecule has 0 unspecified atom stereocenters. The van der Waals surface area contributed by atoms with Crippen molar-refractivity contribution in [1.29, 1.82) is 5.26 Å². The molecular weight excluding hydrogens is 467 g/mol. The molecule has 0 radical (unpaired) electrons. The van der Waals surface area contributed by atoms with Crippen molar-refractivity contribution in [3.63, 3.8) is 0 Å². The van der Waals surface area contributed by atoms with Crippen molar-refractivity contribution in [2.45, 2.75) is 20.1 Å². The van der Waals surface area contributed by atoms with E-state index in [0.717, 1.165) is 16.7 Å². The molecule has 2 amide bonds. The second kappa shape index (κ2) is 10.9. The number of amides is 2. The molecule has 0 atom stereocenters. The van der Waals surface area contributed by atoms with E-state index >= 15 is 0 Å². The normalized spacial score (nSPS) is 14.3. The van der Waals surface area contributed by atoms with Crippen molar-refractivity contribution in [3.8, 4) is 17.6 Å². The Morgan fingerprint density at radius 3 is 2.49 bits per heavy atom. The number of hydrogen-bond acceptors (Lipinski definition) is 6. The summed E-state index contributed by atoms with van der Waals surface area (Å²) in [6.07, 6.45) is 1.62. The van der Waals surface area contributed by atoms with E-state index in [1.54, 1.807) is 66.7 Å². The number of imide groups is 1. The summed E-state index contributed by atoms with van der Waals surface area (Å²) in [4.78, 5) is 26.9. The number of halogens is 1. The molecule has 0 spiro atoms. The summed E-state index contributed by atoms with van der Waals surface area (Å²) in [7, 11) is 0. The van der Waals surface area contributed by atoms with Gasteiger partial charge in [0.2, 0.25) is 0 Å². The van der Waals surface area contributed by atoms with Crippen molar-refractivity contribution in [2.75, 3.05) is 6.61 Å². The zero-order chi connectivity index (χ0) is 24.8. The van der Waals surface area contributed by atoms with E-state index in [-0.39, 0.29) is 23.9 Å². The SMILES string of the molecule is CCOc1cc(/C=C2/SC(=O)N(Cc3ccccc3C#N)C2=O)ccc1OCc1ccccc1F. The third-order valence-corrected chi connectivity index (χ3v) is 6.15. The highest BCUT2D eigenvalue weighted by Gasteiger charge is 2.35. The van der Waals surface area contributed by atoms with Crippen LogP contribution in [0.3, 0.4) is 0 Å². The second-order valence-corrected chi connectivity index (χ2v) is 8.55. The van der Waals surface area contributed by atoms with Gasteiger partial charge in [0.25, 0.3) is 11.1 Å². The summed E-state index contributed by atoms with van der Waals surface area (Å²) in [5.74, 6) is 0.106. The molecule has 3 aromatic rings. The van der Waals surface area contributed by atoms with Gasteiger partial charge in [-0.1, -0.05) is 42.5 Å². The summed E-state index contributed by atoms with van der Waals surface area (Å²) < 4.78 is 25.4. The summed E-state index contributed by atoms with van der Waals surface area (Å²) in [5.41, 5.74) is 2.09. The number of thioether (sulfide) groups is 1. The van der Waals surface area contributed by atoms with Crippen LogP contribution >= 0.6 is 11.8 Å². The number of hydrogen-bond donors (Lipinski definition) is 0. The zero-order valence-corrected chi connectivity index (χ0v) is 19.7. The van der Waals surface area contributed by atoms with E-state index in [2.05, 4.69) is 6.07 Å². The average molecular weight is 489 g/mol. The first-order valence-corrected chi connectivity index (χ1v) is 11.7. The Kier molecular flexibility index (Phi) is 7.48. The molecule has 1 heterocycles. The molecule has 0 N–H and O–H groups in total. The maximum absolute atomic E-state index is 13.9. The average Bonchev–Trinajstić information content (AvgIpc) is 3.12. The molecule has 1 saturated heterocycles. The molecule has 35 heavy (non-hydrogen) atoms. The van der Waals surface area contributed by atoms with Gasteiger partial charge in [0.05, 0.1) is 29.7 Å². The molecule has 1 aliphatic rings. The Hall–Kier alpha value is -4.09. The minimum Gasteiger partial charge on any atom is -0.490 e. The molecule has 1 fully saturated rings. The van der Waals surface area contributed by atoms with Gasteiger partial charge < -0.3 is 9.47 Å². The first kappa shape index (κ1) is 24.0. The number of nitrogens with zero attached hydrogens (tertiary/aromatic N) is 2. The molecule has 0 aromatic heterocycles. The minimum absolute atomic E-state index is 0.0265. The Bertz CT molecular complexity index is 1350. The highest BCUT2D eigenvalue weighted by Crippen LogP contribution is 2.36. The highest BCUT2D eigenvalue weighted by molar-refractivity contribution is 8.18. The van der Waals surface area contributed by atoms with Gasteiger partial charge in [0.1, 0.15) is 12.4 Å². The van der Waals surface area contributed by atoms with E-state index in [1.165, 1.54) is 6.07 Å². The highest BCUT2D eigenvalue weighted by atomic mass is 32.2. The Morgan fingerprint density at radius 2 is 1.74 bits per heavy atom. The van der Waals surface area contributed by atoms with Gasteiger partial charge in [-0.2, -0.15) is 5.26 Å². The van der Waals surface area contributed by atoms with Crippen LogP contribution in [0, 0.1) is 17.1 Å². The molecule has 6 nitrogen and oxygen atoms in total. The molecule has 8 heteroatoms. The third-order valence-electron chi connectivity index (χ3n) is 5.25. The van der Waals surface area contributed by atoms with Crippen LogP contribution in [-0.4, -0.2) is 22.7 Å². The molecule has 1 aliphatic heterocycles. The standard InChI is InChI=1S/C27H21FN2O4S/c1-2-33-24-13-18(11-12-23(24)34-17-21-9-5-6-10-22(21)28)14-25-26(31)30(27(32)35-25)16-20-8-4-3-7-19(20)15-29/h3-14H,2,16-17H2,1H3/b25-14+. The fraction of sp³-hybridized carbons (Fsp3) is 0.148. The van der Waals surface area contributed by atoms with Crippen LogP contribution in [0.2, 0.25) is 0 Å². The molecule has 0 saturated carbocycles. The number of nitriles is 1. The van der Waals surface area contributed by atoms with Crippen LogP contribution in [-0.2, 0) is 17.9 Å². The number of ether oxygens (including phenoxy) is 2. The molecule has 0 aliphatic carbocycles. The van der Waals surface area contributed by atoms with E-state index < -0.39 is 11.1 Å². The smallest absolute Gasteiger partial charge is 0.293 e. The summed E-state index contributed by atoms with van der Waals surface area (Å²) in [6.45, 7) is 2.28. The Labute approximate surface area is 206 Å². The molecule has 3 aromatic carbocycles. The lowest BCUT2D eigenvalue weighted by atomic mass is 10.1. The Morgan fingerprint density at radius 1 is 1.00 bits per heavy atom. The van der Waals surface area contributed by atoms with Crippen molar-refractivity contribution in [1.82, 2.24) is 4.90 Å². The van der Waals surface area contributed by atoms with Crippen LogP contribution in [0.15, 0.2) is 71.6 Å². The maximum Gasteiger partial charge on any atom is 0.293 e. The summed E-state index contributed by atoms with van der Waals surface area (Å²) >= 11 is 0.844. The predicted molar refractivity (Wildman–Crippen MR) is 131 cm³/mol. The number of carbonyl (C=O) groups excluding carboxylic acids is 2. The van der Waals surface area contributed by atoms with Gasteiger partial charge >= 0.3 is 0 Å². The van der Waals surface area contributed by atoms with E-state index in [9.17, 15) is 19.2 Å². The van der Waals surface area contributed by atoms with E-state index in [1.807, 2.05) is 6.92 Å². The monoisotopic (exact) mass is 488 g/mol. The second-order valence-electron chi connectivity index (χ2n) is 7.56. The van der Waals surface area contributed by atoms with Crippen LogP contribution in [0.4, 0.5) is 9.18 Å². The van der Waals surface area contributed by atoms with E-state index in [0.29, 0.717) is 40.4 Å². The molecule has 176 valence electrons. The van der Waals surface area contributed by atoms with Gasteiger partial charge in [0, 0.05) is 5.56 Å². The van der Waals surface area contributed by atoms with Crippen LogP contribution < -0.4 is 9.47 Å². The molecule has 4 rings (SSSR count). The number of carbonyl (C=O) groups is 2. The molecular formula is C27H21FN2O4S. The van der Waals surface area contributed by atoms with Crippen molar-refractivity contribution < 1.29 is 23.5 Å². The lowest BCUT2D eigenvalue weighted by molar-refractivity contribution is -0.123. The topological polar surface area (TPSA) is 79.6 Å². The lowest BCUT2D eigenvalue weighted by Crippen LogP contribution is -2.27. The van der Waals surface area contributed by atoms with Gasteiger partial charge in [-0.3, -0.25) is 14.5 Å². The number of benzene rings is 3. The Balaban J connectivity index is 1.53. The quantitative estimate of drug-likeness (QED) is 0.367. The fourth-order valence-corrected chi connectivity index (χ4v) is 4.34. The van der Waals surface area contributed by atoms with Gasteiger partial charge in [-0.05, 0) is 60.2 Å². The first-order valence-electron chi connectivity index (χ1n) is 10.9. The summed E-state index contributed by atoms with van der Waals surface area (Å²) in [6, 6.07) is 20.4. The van der Waals surface area contributed by atoms with Gasteiger partial charge in [0.15, 0.2) is 11.5 Å². The van der Waals surface area contributed by atoms with Gasteiger partial charge in [-0.15, -0.1) is 0 Å². The van der Waals surface area contributed by atoms with Crippen molar-refractivity contribution >= 4 is 29.0 Å². The maximum atomic E-state index is 13.9. The van der Waals surface area contributed by atoms with Gasteiger partial charge in [-0.25, -0.2) is 4.39 Å². The predicted octanol–water partition coefficient (Wildman–Crippen LogP) is 5.91. The van der Waals surface area contributed by atoms with Crippen LogP contribution in [0.25, 0.3) is 6.08 Å². The fourth-order valence-electron chi connectivity index (χ4n) is 3.50. The van der Waals surface area contributed by atoms with Crippen molar-refractivity contribution in [2.24, 2.45) is 0 Å². The van der Waals surface area contributed by atoms with Crippen molar-refractivity contribution in [3.05, 3.63) is 99.7 Å². The largest absolute Gasteiger partial charge is 0.490 e. The van der Waals surface area contributed by atoms with Crippen LogP contribution in [0.5, 0.6) is 11.5 Å². The summed E-state index contributed by atoms with van der Waals surface area (Å²) in [5, 5.41) is 8.88. The molecule has 0 bridgehead atoms. The lowest BCUT2D eigenvalue weighted by Gasteiger charge is -2.14. The van der Waals surface area contributed by atoms with Crippen LogP contribution in [0.1, 0.15) is 29.2 Å². The third kappa shape index (κ3) is 5.53.